The Morgan fingerprint density at radius 3 is 2.53 bits per heavy atom. The number of methoxy groups -OCH3 is 2. The van der Waals surface area contributed by atoms with Gasteiger partial charge in [-0.1, -0.05) is 0 Å². The zero-order valence-corrected chi connectivity index (χ0v) is 10.3. The maximum Gasteiger partial charge on any atom is 0.178 e. The Hall–Kier alpha value is -0.940. The standard InChI is InChI=1S/C10H14BrNO3/c1-14-7-5-6(3-4-12)9(13)8(11)10(7)15-2/h5,13H,3-4,12H2,1-2H3. The molecule has 0 heterocycles. The van der Waals surface area contributed by atoms with Crippen molar-refractivity contribution in [3.05, 3.63) is 16.1 Å². The van der Waals surface area contributed by atoms with Crippen molar-refractivity contribution in [3.63, 3.8) is 0 Å². The summed E-state index contributed by atoms with van der Waals surface area (Å²) in [5.41, 5.74) is 6.18. The van der Waals surface area contributed by atoms with Crippen molar-refractivity contribution >= 4 is 15.9 Å². The van der Waals surface area contributed by atoms with E-state index in [4.69, 9.17) is 15.2 Å². The van der Waals surface area contributed by atoms with Crippen molar-refractivity contribution in [2.45, 2.75) is 6.42 Å². The second-order valence-corrected chi connectivity index (χ2v) is 3.77. The predicted molar refractivity (Wildman–Crippen MR) is 61.7 cm³/mol. The fraction of sp³-hybridized carbons (Fsp3) is 0.400. The number of benzene rings is 1. The van der Waals surface area contributed by atoms with Crippen LogP contribution in [0.4, 0.5) is 0 Å². The normalized spacial score (nSPS) is 10.1. The Morgan fingerprint density at radius 2 is 2.07 bits per heavy atom. The van der Waals surface area contributed by atoms with Crippen LogP contribution < -0.4 is 15.2 Å². The average molecular weight is 276 g/mol. The number of nitrogens with two attached hydrogens (primary N) is 1. The first-order valence-corrected chi connectivity index (χ1v) is 5.27. The topological polar surface area (TPSA) is 64.7 Å². The lowest BCUT2D eigenvalue weighted by atomic mass is 10.1. The first-order chi connectivity index (χ1) is 7.15. The molecule has 84 valence electrons. The minimum atomic E-state index is 0.151. The molecule has 3 N–H and O–H groups in total. The first-order valence-electron chi connectivity index (χ1n) is 4.48. The molecular weight excluding hydrogens is 262 g/mol. The third-order valence-corrected chi connectivity index (χ3v) is 2.81. The summed E-state index contributed by atoms with van der Waals surface area (Å²) in [5.74, 6) is 1.21. The number of halogens is 1. The van der Waals surface area contributed by atoms with Gasteiger partial charge in [0.2, 0.25) is 0 Å². The fourth-order valence-electron chi connectivity index (χ4n) is 1.34. The lowest BCUT2D eigenvalue weighted by Crippen LogP contribution is -2.04. The molecule has 0 unspecified atom stereocenters. The molecule has 0 radical (unpaired) electrons. The molecule has 0 aromatic heterocycles. The summed E-state index contributed by atoms with van der Waals surface area (Å²) in [6, 6.07) is 1.73. The second-order valence-electron chi connectivity index (χ2n) is 2.97. The van der Waals surface area contributed by atoms with Crippen LogP contribution in [0.5, 0.6) is 17.2 Å². The molecule has 0 spiro atoms. The number of hydrogen-bond acceptors (Lipinski definition) is 4. The molecule has 0 saturated heterocycles. The number of hydrogen-bond donors (Lipinski definition) is 2. The zero-order chi connectivity index (χ0) is 11.4. The molecule has 4 nitrogen and oxygen atoms in total. The minimum absolute atomic E-state index is 0.151. The lowest BCUT2D eigenvalue weighted by molar-refractivity contribution is 0.348. The minimum Gasteiger partial charge on any atom is -0.506 e. The Balaban J connectivity index is 3.29. The van der Waals surface area contributed by atoms with Gasteiger partial charge in [-0.2, -0.15) is 0 Å². The van der Waals surface area contributed by atoms with Crippen LogP contribution in [-0.4, -0.2) is 25.9 Å². The molecule has 0 aliphatic rings. The van der Waals surface area contributed by atoms with Crippen LogP contribution in [0.25, 0.3) is 0 Å². The number of phenols is 1. The van der Waals surface area contributed by atoms with Crippen LogP contribution in [0, 0.1) is 0 Å². The number of aromatic hydroxyl groups is 1. The summed E-state index contributed by atoms with van der Waals surface area (Å²) in [6.07, 6.45) is 0.588. The van der Waals surface area contributed by atoms with Gasteiger partial charge in [0, 0.05) is 5.56 Å². The van der Waals surface area contributed by atoms with Crippen molar-refractivity contribution in [1.82, 2.24) is 0 Å². The third-order valence-electron chi connectivity index (χ3n) is 2.08. The van der Waals surface area contributed by atoms with Crippen molar-refractivity contribution in [2.75, 3.05) is 20.8 Å². The summed E-state index contributed by atoms with van der Waals surface area (Å²) in [5, 5.41) is 9.82. The summed E-state index contributed by atoms with van der Waals surface area (Å²) < 4.78 is 10.8. The molecule has 5 heteroatoms. The van der Waals surface area contributed by atoms with Crippen LogP contribution in [0.15, 0.2) is 10.5 Å². The molecule has 0 bridgehead atoms. The number of rotatable bonds is 4. The molecule has 0 amide bonds. The summed E-state index contributed by atoms with van der Waals surface area (Å²) in [6.45, 7) is 0.468. The van der Waals surface area contributed by atoms with E-state index in [9.17, 15) is 5.11 Å². The van der Waals surface area contributed by atoms with Gasteiger partial charge in [-0.05, 0) is 35.0 Å². The molecule has 0 aliphatic heterocycles. The Kier molecular flexibility index (Phi) is 4.23. The van der Waals surface area contributed by atoms with Crippen molar-refractivity contribution in [1.29, 1.82) is 0 Å². The largest absolute Gasteiger partial charge is 0.506 e. The van der Waals surface area contributed by atoms with Crippen LogP contribution in [0.3, 0.4) is 0 Å². The van der Waals surface area contributed by atoms with E-state index in [1.165, 1.54) is 7.11 Å². The lowest BCUT2D eigenvalue weighted by Gasteiger charge is -2.13. The molecule has 0 saturated carbocycles. The highest BCUT2D eigenvalue weighted by Crippen LogP contribution is 2.43. The summed E-state index contributed by atoms with van der Waals surface area (Å²) in [7, 11) is 3.07. The SMILES string of the molecule is COc1cc(CCN)c(O)c(Br)c1OC. The van der Waals surface area contributed by atoms with Gasteiger partial charge in [0.05, 0.1) is 14.2 Å². The Labute approximate surface area is 97.1 Å². The smallest absolute Gasteiger partial charge is 0.178 e. The van der Waals surface area contributed by atoms with Gasteiger partial charge in [-0.3, -0.25) is 0 Å². The molecule has 1 rings (SSSR count). The molecular formula is C10H14BrNO3. The zero-order valence-electron chi connectivity index (χ0n) is 8.71. The Morgan fingerprint density at radius 1 is 1.40 bits per heavy atom. The van der Waals surface area contributed by atoms with Crippen LogP contribution in [0.2, 0.25) is 0 Å². The molecule has 0 fully saturated rings. The highest BCUT2D eigenvalue weighted by Gasteiger charge is 2.16. The van der Waals surface area contributed by atoms with Crippen LogP contribution in [0.1, 0.15) is 5.56 Å². The van der Waals surface area contributed by atoms with Gasteiger partial charge in [-0.15, -0.1) is 0 Å². The average Bonchev–Trinajstić information content (AvgIpc) is 2.24. The fourth-order valence-corrected chi connectivity index (χ4v) is 1.95. The molecule has 0 aliphatic carbocycles. The van der Waals surface area contributed by atoms with E-state index < -0.39 is 0 Å². The van der Waals surface area contributed by atoms with Gasteiger partial charge in [-0.25, -0.2) is 0 Å². The first kappa shape index (κ1) is 12.1. The van der Waals surface area contributed by atoms with Crippen molar-refractivity contribution < 1.29 is 14.6 Å². The summed E-state index contributed by atoms with van der Waals surface area (Å²) in [4.78, 5) is 0. The van der Waals surface area contributed by atoms with Crippen molar-refractivity contribution in [3.8, 4) is 17.2 Å². The van der Waals surface area contributed by atoms with E-state index in [2.05, 4.69) is 15.9 Å². The van der Waals surface area contributed by atoms with E-state index in [0.29, 0.717) is 28.9 Å². The number of ether oxygens (including phenoxy) is 2. The van der Waals surface area contributed by atoms with Gasteiger partial charge in [0.15, 0.2) is 11.5 Å². The molecule has 1 aromatic rings. The van der Waals surface area contributed by atoms with E-state index in [0.717, 1.165) is 5.56 Å². The molecule has 15 heavy (non-hydrogen) atoms. The van der Waals surface area contributed by atoms with Crippen molar-refractivity contribution in [2.24, 2.45) is 5.73 Å². The van der Waals surface area contributed by atoms with E-state index in [-0.39, 0.29) is 5.75 Å². The quantitative estimate of drug-likeness (QED) is 0.878. The molecule has 0 atom stereocenters. The van der Waals surface area contributed by atoms with Crippen LogP contribution >= 0.6 is 15.9 Å². The maximum absolute atomic E-state index is 9.82. The van der Waals surface area contributed by atoms with Gasteiger partial charge in [0.25, 0.3) is 0 Å². The van der Waals surface area contributed by atoms with E-state index in [1.54, 1.807) is 13.2 Å². The van der Waals surface area contributed by atoms with E-state index >= 15 is 0 Å². The summed E-state index contributed by atoms with van der Waals surface area (Å²) >= 11 is 3.26. The van der Waals surface area contributed by atoms with Gasteiger partial charge < -0.3 is 20.3 Å². The Bertz CT molecular complexity index is 355. The second kappa shape index (κ2) is 5.23. The van der Waals surface area contributed by atoms with Gasteiger partial charge >= 0.3 is 0 Å². The maximum atomic E-state index is 9.82. The highest BCUT2D eigenvalue weighted by atomic mass is 79.9. The monoisotopic (exact) mass is 275 g/mol. The van der Waals surface area contributed by atoms with Gasteiger partial charge in [0.1, 0.15) is 10.2 Å². The highest BCUT2D eigenvalue weighted by molar-refractivity contribution is 9.10. The van der Waals surface area contributed by atoms with Crippen LogP contribution in [-0.2, 0) is 6.42 Å². The predicted octanol–water partition coefficient (Wildman–Crippen LogP) is 1.67. The third kappa shape index (κ3) is 2.35. The number of phenolic OH excluding ortho intramolecular Hbond substituents is 1. The van der Waals surface area contributed by atoms with E-state index in [1.807, 2.05) is 0 Å². The molecule has 1 aromatic carbocycles.